The molecule has 1 unspecified atom stereocenters. The predicted molar refractivity (Wildman–Crippen MR) is 59.0 cm³/mol. The number of nitrogens with one attached hydrogen (secondary N) is 1. The van der Waals surface area contributed by atoms with Gasteiger partial charge in [-0.3, -0.25) is 4.68 Å². The van der Waals surface area contributed by atoms with Crippen LogP contribution in [0, 0.1) is 0 Å². The van der Waals surface area contributed by atoms with Gasteiger partial charge in [-0.05, 0) is 25.6 Å². The summed E-state index contributed by atoms with van der Waals surface area (Å²) in [7, 11) is 0. The summed E-state index contributed by atoms with van der Waals surface area (Å²) < 4.78 is 6.70. The zero-order valence-corrected chi connectivity index (χ0v) is 9.22. The van der Waals surface area contributed by atoms with Gasteiger partial charge in [0.2, 0.25) is 0 Å². The van der Waals surface area contributed by atoms with Crippen LogP contribution < -0.4 is 5.32 Å². The van der Waals surface area contributed by atoms with Crippen molar-refractivity contribution in [1.82, 2.24) is 15.1 Å². The van der Waals surface area contributed by atoms with E-state index in [0.717, 1.165) is 13.0 Å². The Morgan fingerprint density at radius 1 is 1.75 bits per heavy atom. The van der Waals surface area contributed by atoms with Crippen LogP contribution in [0.2, 0.25) is 0 Å². The lowest BCUT2D eigenvalue weighted by Crippen LogP contribution is -2.20. The van der Waals surface area contributed by atoms with Crippen molar-refractivity contribution in [3.8, 4) is 0 Å². The normalized spacial score (nSPS) is 19.2. The van der Waals surface area contributed by atoms with Gasteiger partial charge in [0.1, 0.15) is 0 Å². The van der Waals surface area contributed by atoms with Gasteiger partial charge in [0, 0.05) is 12.7 Å². The molecule has 1 aliphatic rings. The largest absolute Gasteiger partial charge is 0.462 e. The molecule has 5 heteroatoms. The molecule has 0 fully saturated rings. The van der Waals surface area contributed by atoms with Crippen molar-refractivity contribution >= 4 is 5.97 Å². The zero-order valence-electron chi connectivity index (χ0n) is 9.22. The van der Waals surface area contributed by atoms with Crippen molar-refractivity contribution in [2.45, 2.75) is 19.4 Å². The van der Waals surface area contributed by atoms with Crippen molar-refractivity contribution in [3.05, 3.63) is 30.2 Å². The minimum atomic E-state index is -0.313. The molecule has 16 heavy (non-hydrogen) atoms. The van der Waals surface area contributed by atoms with Crippen LogP contribution in [0.25, 0.3) is 0 Å². The first-order valence-electron chi connectivity index (χ1n) is 5.42. The summed E-state index contributed by atoms with van der Waals surface area (Å²) in [6.07, 6.45) is 8.21. The van der Waals surface area contributed by atoms with Gasteiger partial charge < -0.3 is 10.1 Å². The third kappa shape index (κ3) is 2.24. The summed E-state index contributed by atoms with van der Waals surface area (Å²) in [6.45, 7) is 3.10. The van der Waals surface area contributed by atoms with Gasteiger partial charge in [-0.1, -0.05) is 0 Å². The number of esters is 1. The summed E-state index contributed by atoms with van der Waals surface area (Å²) in [4.78, 5) is 11.4. The molecule has 0 amide bonds. The second-order valence-electron chi connectivity index (χ2n) is 3.60. The molecule has 86 valence electrons. The minimum absolute atomic E-state index is 0.226. The maximum Gasteiger partial charge on any atom is 0.341 e. The number of hydrogen-bond acceptors (Lipinski definition) is 4. The van der Waals surface area contributed by atoms with E-state index in [1.54, 1.807) is 24.0 Å². The fourth-order valence-corrected chi connectivity index (χ4v) is 1.65. The Bertz CT molecular complexity index is 398. The van der Waals surface area contributed by atoms with E-state index in [9.17, 15) is 4.79 Å². The molecule has 1 N–H and O–H groups in total. The Labute approximate surface area is 94.1 Å². The van der Waals surface area contributed by atoms with Crippen molar-refractivity contribution in [3.63, 3.8) is 0 Å². The average molecular weight is 221 g/mol. The second kappa shape index (κ2) is 4.83. The molecule has 1 aromatic heterocycles. The number of nitrogens with zero attached hydrogens (tertiary/aromatic N) is 2. The topological polar surface area (TPSA) is 56.1 Å². The van der Waals surface area contributed by atoms with E-state index in [4.69, 9.17) is 4.74 Å². The molecular formula is C11H15N3O2. The fraction of sp³-hybridized carbons (Fsp3) is 0.455. The van der Waals surface area contributed by atoms with Gasteiger partial charge in [-0.2, -0.15) is 5.10 Å². The van der Waals surface area contributed by atoms with E-state index >= 15 is 0 Å². The molecular weight excluding hydrogens is 206 g/mol. The van der Waals surface area contributed by atoms with Gasteiger partial charge in [-0.25, -0.2) is 4.79 Å². The number of carbonyl (C=O) groups is 1. The Hall–Kier alpha value is -1.78. The van der Waals surface area contributed by atoms with Crippen LogP contribution in [0.1, 0.15) is 29.7 Å². The quantitative estimate of drug-likeness (QED) is 0.777. The van der Waals surface area contributed by atoms with Gasteiger partial charge in [0.05, 0.1) is 24.4 Å². The van der Waals surface area contributed by atoms with Crippen LogP contribution in [-0.4, -0.2) is 28.9 Å². The molecule has 0 saturated carbocycles. The van der Waals surface area contributed by atoms with Gasteiger partial charge in [-0.15, -0.1) is 0 Å². The van der Waals surface area contributed by atoms with E-state index in [-0.39, 0.29) is 12.0 Å². The number of carbonyl (C=O) groups excluding carboxylic acids is 1. The lowest BCUT2D eigenvalue weighted by Gasteiger charge is -2.17. The second-order valence-corrected chi connectivity index (χ2v) is 3.60. The van der Waals surface area contributed by atoms with Crippen LogP contribution >= 0.6 is 0 Å². The zero-order chi connectivity index (χ0) is 11.4. The lowest BCUT2D eigenvalue weighted by molar-refractivity contribution is 0.0526. The highest BCUT2D eigenvalue weighted by atomic mass is 16.5. The third-order valence-electron chi connectivity index (χ3n) is 2.47. The number of aromatic nitrogens is 2. The first-order chi connectivity index (χ1) is 7.81. The monoisotopic (exact) mass is 221 g/mol. The van der Waals surface area contributed by atoms with E-state index in [0.29, 0.717) is 12.2 Å². The molecule has 5 nitrogen and oxygen atoms in total. The van der Waals surface area contributed by atoms with E-state index < -0.39 is 0 Å². The maximum atomic E-state index is 11.4. The lowest BCUT2D eigenvalue weighted by atomic mass is 10.1. The van der Waals surface area contributed by atoms with Gasteiger partial charge in [0.25, 0.3) is 0 Å². The Balaban J connectivity index is 2.09. The van der Waals surface area contributed by atoms with Crippen molar-refractivity contribution in [2.75, 3.05) is 13.2 Å². The third-order valence-corrected chi connectivity index (χ3v) is 2.47. The first kappa shape index (κ1) is 10.7. The highest BCUT2D eigenvalue weighted by Gasteiger charge is 2.14. The molecule has 0 aliphatic carbocycles. The summed E-state index contributed by atoms with van der Waals surface area (Å²) >= 11 is 0. The molecule has 0 spiro atoms. The fourth-order valence-electron chi connectivity index (χ4n) is 1.65. The molecule has 0 saturated heterocycles. The molecule has 2 heterocycles. The molecule has 1 aromatic rings. The smallest absolute Gasteiger partial charge is 0.341 e. The highest BCUT2D eigenvalue weighted by Crippen LogP contribution is 2.15. The van der Waals surface area contributed by atoms with Gasteiger partial charge in [0.15, 0.2) is 0 Å². The molecule has 2 rings (SSSR count). The summed E-state index contributed by atoms with van der Waals surface area (Å²) in [5.41, 5.74) is 0.508. The summed E-state index contributed by atoms with van der Waals surface area (Å²) in [6, 6.07) is 0.226. The molecule has 0 aromatic carbocycles. The van der Waals surface area contributed by atoms with E-state index in [1.165, 1.54) is 0 Å². The van der Waals surface area contributed by atoms with Crippen LogP contribution in [0.4, 0.5) is 0 Å². The summed E-state index contributed by atoms with van der Waals surface area (Å²) in [5, 5.41) is 7.30. The Morgan fingerprint density at radius 2 is 2.62 bits per heavy atom. The Kier molecular flexibility index (Phi) is 3.24. The van der Waals surface area contributed by atoms with Crippen LogP contribution in [0.5, 0.6) is 0 Å². The van der Waals surface area contributed by atoms with E-state index in [1.807, 2.05) is 12.3 Å². The summed E-state index contributed by atoms with van der Waals surface area (Å²) in [5.74, 6) is -0.313. The SMILES string of the molecule is CCOC(=O)c1cnn(C2C=CNCC2)c1. The van der Waals surface area contributed by atoms with Crippen LogP contribution in [-0.2, 0) is 4.74 Å². The van der Waals surface area contributed by atoms with Crippen LogP contribution in [0.15, 0.2) is 24.7 Å². The minimum Gasteiger partial charge on any atom is -0.462 e. The van der Waals surface area contributed by atoms with Crippen LogP contribution in [0.3, 0.4) is 0 Å². The standard InChI is InChI=1S/C11H15N3O2/c1-2-16-11(15)9-7-13-14(8-9)10-3-5-12-6-4-10/h3,5,7-8,10,12H,2,4,6H2,1H3. The van der Waals surface area contributed by atoms with Crippen molar-refractivity contribution < 1.29 is 9.53 Å². The average Bonchev–Trinajstić information content (AvgIpc) is 2.80. The number of rotatable bonds is 3. The maximum absolute atomic E-state index is 11.4. The number of ether oxygens (including phenoxy) is 1. The van der Waals surface area contributed by atoms with E-state index in [2.05, 4.69) is 10.4 Å². The predicted octanol–water partition coefficient (Wildman–Crippen LogP) is 1.11. The van der Waals surface area contributed by atoms with Crippen molar-refractivity contribution in [2.24, 2.45) is 0 Å². The highest BCUT2D eigenvalue weighted by molar-refractivity contribution is 5.88. The first-order valence-corrected chi connectivity index (χ1v) is 5.42. The van der Waals surface area contributed by atoms with Gasteiger partial charge >= 0.3 is 5.97 Å². The molecule has 1 aliphatic heterocycles. The van der Waals surface area contributed by atoms with Crippen molar-refractivity contribution in [1.29, 1.82) is 0 Å². The molecule has 1 atom stereocenters. The molecule has 0 bridgehead atoms. The molecule has 0 radical (unpaired) electrons. The number of hydrogen-bond donors (Lipinski definition) is 1. The number of allylic oxidation sites excluding steroid dienone is 1. The Morgan fingerprint density at radius 3 is 3.31 bits per heavy atom.